The van der Waals surface area contributed by atoms with Crippen LogP contribution in [0.1, 0.15) is 32.7 Å². The van der Waals surface area contributed by atoms with Gasteiger partial charge in [-0.25, -0.2) is 4.39 Å². The molecule has 1 N–H and O–H groups in total. The predicted octanol–water partition coefficient (Wildman–Crippen LogP) is 5.60. The molecule has 9 heteroatoms. The van der Waals surface area contributed by atoms with Gasteiger partial charge in [0.05, 0.1) is 5.75 Å². The summed E-state index contributed by atoms with van der Waals surface area (Å²) in [6.45, 7) is 6.74. The lowest BCUT2D eigenvalue weighted by atomic mass is 10.2. The normalized spacial score (nSPS) is 12.1. The zero-order valence-corrected chi connectivity index (χ0v) is 19.1. The number of amides is 1. The highest BCUT2D eigenvalue weighted by molar-refractivity contribution is 7.99. The van der Waals surface area contributed by atoms with Crippen molar-refractivity contribution in [1.29, 1.82) is 0 Å². The molecule has 6 nitrogen and oxygen atoms in total. The predicted molar refractivity (Wildman–Crippen MR) is 121 cm³/mol. The summed E-state index contributed by atoms with van der Waals surface area (Å²) in [5.41, 5.74) is 0.681. The van der Waals surface area contributed by atoms with Crippen LogP contribution in [0, 0.1) is 11.7 Å². The summed E-state index contributed by atoms with van der Waals surface area (Å²) in [5.74, 6) is 1.26. The van der Waals surface area contributed by atoms with Gasteiger partial charge in [0.25, 0.3) is 0 Å². The molecule has 1 unspecified atom stereocenters. The minimum Gasteiger partial charge on any atom is -0.483 e. The molecular formula is C22H24ClFN4O2S. The topological polar surface area (TPSA) is 69.0 Å². The van der Waals surface area contributed by atoms with Crippen LogP contribution in [0.3, 0.4) is 0 Å². The summed E-state index contributed by atoms with van der Waals surface area (Å²) in [4.78, 5) is 12.3. The van der Waals surface area contributed by atoms with E-state index in [0.29, 0.717) is 39.9 Å². The Morgan fingerprint density at radius 3 is 2.45 bits per heavy atom. The first-order chi connectivity index (χ1) is 14.8. The maximum absolute atomic E-state index is 13.1. The van der Waals surface area contributed by atoms with Gasteiger partial charge < -0.3 is 14.6 Å². The highest BCUT2D eigenvalue weighted by atomic mass is 35.5. The van der Waals surface area contributed by atoms with E-state index in [4.69, 9.17) is 16.3 Å². The minimum absolute atomic E-state index is 0.149. The number of ether oxygens (including phenoxy) is 1. The van der Waals surface area contributed by atoms with Crippen LogP contribution in [0.15, 0.2) is 53.7 Å². The number of thioether (sulfide) groups is 1. The highest BCUT2D eigenvalue weighted by Gasteiger charge is 2.21. The lowest BCUT2D eigenvalue weighted by Crippen LogP contribution is -2.17. The van der Waals surface area contributed by atoms with Crippen molar-refractivity contribution in [3.63, 3.8) is 0 Å². The SMILES string of the molecule is CC(C)Cn1c(SCC(=O)Nc2ccc(Cl)cc2)nnc1C(C)Oc1ccc(F)cc1. The second-order valence-electron chi connectivity index (χ2n) is 7.40. The van der Waals surface area contributed by atoms with Crippen LogP contribution < -0.4 is 10.1 Å². The number of rotatable bonds is 9. The summed E-state index contributed by atoms with van der Waals surface area (Å²) in [6.07, 6.45) is -0.394. The van der Waals surface area contributed by atoms with Gasteiger partial charge in [0, 0.05) is 17.3 Å². The number of nitrogens with one attached hydrogen (secondary N) is 1. The fourth-order valence-electron chi connectivity index (χ4n) is 2.87. The van der Waals surface area contributed by atoms with E-state index in [2.05, 4.69) is 29.4 Å². The van der Waals surface area contributed by atoms with E-state index in [1.807, 2.05) is 11.5 Å². The Labute approximate surface area is 190 Å². The number of carbonyl (C=O) groups is 1. The average Bonchev–Trinajstić information content (AvgIpc) is 3.12. The zero-order chi connectivity index (χ0) is 22.4. The second kappa shape index (κ2) is 10.6. The Morgan fingerprint density at radius 2 is 1.81 bits per heavy atom. The third-order valence-corrected chi connectivity index (χ3v) is 5.46. The van der Waals surface area contributed by atoms with Crippen molar-refractivity contribution < 1.29 is 13.9 Å². The van der Waals surface area contributed by atoms with Crippen molar-refractivity contribution in [3.8, 4) is 5.75 Å². The molecular weight excluding hydrogens is 439 g/mol. The molecule has 0 bridgehead atoms. The maximum Gasteiger partial charge on any atom is 0.234 e. The van der Waals surface area contributed by atoms with Crippen LogP contribution in [0.25, 0.3) is 0 Å². The van der Waals surface area contributed by atoms with Gasteiger partial charge in [-0.15, -0.1) is 10.2 Å². The molecule has 1 heterocycles. The van der Waals surface area contributed by atoms with Crippen LogP contribution in [0.2, 0.25) is 5.02 Å². The number of hydrogen-bond acceptors (Lipinski definition) is 5. The number of halogens is 2. The van der Waals surface area contributed by atoms with Crippen molar-refractivity contribution in [1.82, 2.24) is 14.8 Å². The van der Waals surface area contributed by atoms with Gasteiger partial charge in [-0.3, -0.25) is 4.79 Å². The first kappa shape index (κ1) is 23.1. The number of anilines is 1. The average molecular weight is 463 g/mol. The first-order valence-electron chi connectivity index (χ1n) is 9.85. The number of nitrogens with zero attached hydrogens (tertiary/aromatic N) is 3. The molecule has 3 rings (SSSR count). The smallest absolute Gasteiger partial charge is 0.234 e. The van der Waals surface area contributed by atoms with E-state index in [-0.39, 0.29) is 17.5 Å². The van der Waals surface area contributed by atoms with Crippen molar-refractivity contribution in [2.75, 3.05) is 11.1 Å². The second-order valence-corrected chi connectivity index (χ2v) is 8.78. The molecule has 0 aliphatic carbocycles. The van der Waals surface area contributed by atoms with E-state index >= 15 is 0 Å². The molecule has 164 valence electrons. The van der Waals surface area contributed by atoms with Crippen LogP contribution in [-0.4, -0.2) is 26.4 Å². The van der Waals surface area contributed by atoms with Gasteiger partial charge in [-0.2, -0.15) is 0 Å². The fourth-order valence-corrected chi connectivity index (χ4v) is 3.76. The molecule has 3 aromatic rings. The molecule has 1 aromatic heterocycles. The third kappa shape index (κ3) is 6.70. The minimum atomic E-state index is -0.394. The Morgan fingerprint density at radius 1 is 1.13 bits per heavy atom. The molecule has 31 heavy (non-hydrogen) atoms. The molecule has 0 saturated carbocycles. The number of hydrogen-bond donors (Lipinski definition) is 1. The molecule has 0 radical (unpaired) electrons. The standard InChI is InChI=1S/C22H24ClFN4O2S/c1-14(2)12-28-21(15(3)30-19-10-6-17(24)7-11-19)26-27-22(28)31-13-20(29)25-18-8-4-16(23)5-9-18/h4-11,14-15H,12-13H2,1-3H3,(H,25,29). The Balaban J connectivity index is 1.68. The van der Waals surface area contributed by atoms with Crippen molar-refractivity contribution >= 4 is 35.0 Å². The number of benzene rings is 2. The van der Waals surface area contributed by atoms with Gasteiger partial charge >= 0.3 is 0 Å². The fraction of sp³-hybridized carbons (Fsp3) is 0.318. The maximum atomic E-state index is 13.1. The van der Waals surface area contributed by atoms with Crippen molar-refractivity contribution in [2.24, 2.45) is 5.92 Å². The van der Waals surface area contributed by atoms with E-state index < -0.39 is 6.10 Å². The van der Waals surface area contributed by atoms with Gasteiger partial charge in [0.15, 0.2) is 17.1 Å². The Bertz CT molecular complexity index is 1010. The molecule has 0 aliphatic rings. The lowest BCUT2D eigenvalue weighted by molar-refractivity contribution is -0.113. The quantitative estimate of drug-likeness (QED) is 0.419. The van der Waals surface area contributed by atoms with Gasteiger partial charge in [-0.05, 0) is 61.4 Å². The first-order valence-corrected chi connectivity index (χ1v) is 11.2. The third-order valence-electron chi connectivity index (χ3n) is 4.24. The molecule has 1 atom stereocenters. The molecule has 0 aliphatic heterocycles. The van der Waals surface area contributed by atoms with Crippen molar-refractivity contribution in [2.45, 2.75) is 38.6 Å². The highest BCUT2D eigenvalue weighted by Crippen LogP contribution is 2.26. The molecule has 1 amide bonds. The summed E-state index contributed by atoms with van der Waals surface area (Å²) in [5, 5.41) is 12.7. The molecule has 0 fully saturated rings. The van der Waals surface area contributed by atoms with E-state index in [1.165, 1.54) is 23.9 Å². The van der Waals surface area contributed by atoms with Crippen LogP contribution in [0.4, 0.5) is 10.1 Å². The van der Waals surface area contributed by atoms with E-state index in [9.17, 15) is 9.18 Å². The monoisotopic (exact) mass is 462 g/mol. The summed E-state index contributed by atoms with van der Waals surface area (Å²) >= 11 is 7.18. The van der Waals surface area contributed by atoms with E-state index in [1.54, 1.807) is 36.4 Å². The Hall–Kier alpha value is -2.58. The largest absolute Gasteiger partial charge is 0.483 e. The lowest BCUT2D eigenvalue weighted by Gasteiger charge is -2.17. The van der Waals surface area contributed by atoms with Crippen molar-refractivity contribution in [3.05, 3.63) is 65.2 Å². The molecule has 2 aromatic carbocycles. The number of aromatic nitrogens is 3. The molecule has 0 spiro atoms. The zero-order valence-electron chi connectivity index (χ0n) is 17.5. The Kier molecular flexibility index (Phi) is 7.92. The van der Waals surface area contributed by atoms with Crippen LogP contribution >= 0.6 is 23.4 Å². The summed E-state index contributed by atoms with van der Waals surface area (Å²) < 4.78 is 21.0. The van der Waals surface area contributed by atoms with E-state index in [0.717, 1.165) is 0 Å². The number of carbonyl (C=O) groups excluding carboxylic acids is 1. The summed E-state index contributed by atoms with van der Waals surface area (Å²) in [6, 6.07) is 12.8. The van der Waals surface area contributed by atoms with Gasteiger partial charge in [0.2, 0.25) is 5.91 Å². The summed E-state index contributed by atoms with van der Waals surface area (Å²) in [7, 11) is 0. The molecule has 0 saturated heterocycles. The van der Waals surface area contributed by atoms with Crippen LogP contribution in [-0.2, 0) is 11.3 Å². The van der Waals surface area contributed by atoms with Crippen LogP contribution in [0.5, 0.6) is 5.75 Å². The van der Waals surface area contributed by atoms with Gasteiger partial charge in [-0.1, -0.05) is 37.2 Å². The van der Waals surface area contributed by atoms with Gasteiger partial charge in [0.1, 0.15) is 11.6 Å².